The first-order valence-electron chi connectivity index (χ1n) is 9.14. The van der Waals surface area contributed by atoms with Gasteiger partial charge in [-0.25, -0.2) is 4.79 Å². The van der Waals surface area contributed by atoms with E-state index in [2.05, 4.69) is 10.6 Å². The molecule has 154 valence electrons. The fraction of sp³-hybridized carbons (Fsp3) is 0.136. The zero-order valence-corrected chi connectivity index (χ0v) is 22.1. The average Bonchev–Trinajstić information content (AvgIpc) is 2.74. The van der Waals surface area contributed by atoms with Gasteiger partial charge in [-0.15, -0.1) is 0 Å². The number of rotatable bonds is 6. The molecule has 1 aromatic heterocycles. The molecule has 0 aliphatic carbocycles. The number of nitrogens with one attached hydrogen (secondary N) is 2. The third-order valence-electron chi connectivity index (χ3n) is 4.54. The summed E-state index contributed by atoms with van der Waals surface area (Å²) in [6.45, 7) is 0. The number of amides is 2. The Morgan fingerprint density at radius 3 is 2.31 bits per heavy atom. The number of carboxylic acids is 1. The fourth-order valence-corrected chi connectivity index (χ4v) is 3.02. The molecule has 0 aliphatic heterocycles. The van der Waals surface area contributed by atoms with E-state index >= 15 is 0 Å². The molecule has 0 fully saturated rings. The van der Waals surface area contributed by atoms with E-state index < -0.39 is 41.5 Å². The van der Waals surface area contributed by atoms with Crippen LogP contribution in [0.15, 0.2) is 71.7 Å². The largest absolute Gasteiger partial charge is 1.00 e. The van der Waals surface area contributed by atoms with Gasteiger partial charge in [-0.3, -0.25) is 4.79 Å². The molecule has 0 bridgehead atoms. The molecule has 3 aromatic rings. The molecule has 10 heteroatoms. The number of carbonyl (C=O) groups excluding carboxylic acids is 2. The van der Waals surface area contributed by atoms with Gasteiger partial charge >= 0.3 is 65.1 Å². The van der Waals surface area contributed by atoms with Crippen LogP contribution in [0.3, 0.4) is 0 Å². The van der Waals surface area contributed by atoms with E-state index in [9.17, 15) is 24.6 Å². The summed E-state index contributed by atoms with van der Waals surface area (Å²) in [7, 11) is 1.44. The minimum absolute atomic E-state index is 0. The molecule has 2 aromatic carbocycles. The third-order valence-corrected chi connectivity index (χ3v) is 4.54. The van der Waals surface area contributed by atoms with Crippen molar-refractivity contribution in [3.05, 3.63) is 82.8 Å². The Labute approximate surface area is 229 Å². The molecular formula is C22H19N3Na2O5. The molecule has 1 heterocycles. The molecule has 2 amide bonds. The zero-order chi connectivity index (χ0) is 21.7. The molecule has 2 N–H and O–H groups in total. The fourth-order valence-electron chi connectivity index (χ4n) is 3.02. The molecule has 0 aliphatic rings. The maximum Gasteiger partial charge on any atom is 1.00 e. The summed E-state index contributed by atoms with van der Waals surface area (Å²) in [5.41, 5.74) is 1.24. The second-order valence-corrected chi connectivity index (χ2v) is 6.69. The Kier molecular flexibility index (Phi) is 11.2. The number of aliphatic carboxylic acids is 1. The predicted octanol–water partition coefficient (Wildman–Crippen LogP) is -4.86. The summed E-state index contributed by atoms with van der Waals surface area (Å²) in [4.78, 5) is 35.7. The number of aryl methyl sites for hydroxylation is 1. The summed E-state index contributed by atoms with van der Waals surface area (Å²) in [6, 6.07) is 15.9. The summed E-state index contributed by atoms with van der Waals surface area (Å²) >= 11 is 0. The summed E-state index contributed by atoms with van der Waals surface area (Å²) in [5, 5.41) is 27.9. The van der Waals surface area contributed by atoms with Crippen molar-refractivity contribution in [2.75, 3.05) is 5.32 Å². The molecule has 8 nitrogen and oxygen atoms in total. The number of aromatic nitrogens is 1. The number of carbonyl (C=O) groups is 2. The van der Waals surface area contributed by atoms with E-state index in [1.807, 2.05) is 36.4 Å². The molecular weight excluding hydrogens is 432 g/mol. The van der Waals surface area contributed by atoms with E-state index in [0.717, 1.165) is 21.8 Å². The smallest absolute Gasteiger partial charge is 0.871 e. The number of urea groups is 1. The van der Waals surface area contributed by atoms with Crippen LogP contribution in [0.2, 0.25) is 0 Å². The van der Waals surface area contributed by atoms with Gasteiger partial charge in [0.05, 0.1) is 6.04 Å². The van der Waals surface area contributed by atoms with Gasteiger partial charge in [-0.2, -0.15) is 0 Å². The molecule has 32 heavy (non-hydrogen) atoms. The number of benzene rings is 2. The Balaban J connectivity index is 0.00000256. The van der Waals surface area contributed by atoms with Gasteiger partial charge in [0, 0.05) is 25.6 Å². The molecule has 0 saturated heterocycles. The molecule has 0 radical (unpaired) electrons. The molecule has 0 saturated carbocycles. The predicted molar refractivity (Wildman–Crippen MR) is 108 cm³/mol. The van der Waals surface area contributed by atoms with Crippen molar-refractivity contribution >= 4 is 17.7 Å². The van der Waals surface area contributed by atoms with Gasteiger partial charge in [0.25, 0.3) is 5.56 Å². The number of hydrogen-bond donors (Lipinski definition) is 2. The van der Waals surface area contributed by atoms with Crippen LogP contribution in [0, 0.1) is 0 Å². The summed E-state index contributed by atoms with van der Waals surface area (Å²) in [6.07, 6.45) is 0.810. The van der Waals surface area contributed by atoms with Crippen molar-refractivity contribution in [3.8, 4) is 16.9 Å². The third kappa shape index (κ3) is 7.23. The van der Waals surface area contributed by atoms with Crippen LogP contribution in [-0.4, -0.2) is 16.6 Å². The number of nitrogens with zero attached hydrogens (tertiary/aromatic N) is 1. The van der Waals surface area contributed by atoms with Crippen molar-refractivity contribution in [1.82, 2.24) is 9.88 Å². The van der Waals surface area contributed by atoms with Gasteiger partial charge in [0.1, 0.15) is 5.69 Å². The van der Waals surface area contributed by atoms with E-state index in [-0.39, 0.29) is 59.1 Å². The normalized spacial score (nSPS) is 10.8. The van der Waals surface area contributed by atoms with Crippen molar-refractivity contribution in [3.63, 3.8) is 0 Å². The monoisotopic (exact) mass is 451 g/mol. The molecule has 1 atom stereocenters. The maximum atomic E-state index is 12.4. The van der Waals surface area contributed by atoms with Crippen molar-refractivity contribution in [1.29, 1.82) is 0 Å². The Bertz CT molecular complexity index is 1140. The Hall–Kier alpha value is -2.07. The van der Waals surface area contributed by atoms with Crippen molar-refractivity contribution < 1.29 is 78.9 Å². The second-order valence-electron chi connectivity index (χ2n) is 6.69. The van der Waals surface area contributed by atoms with Gasteiger partial charge in [0.2, 0.25) is 0 Å². The van der Waals surface area contributed by atoms with Crippen molar-refractivity contribution in [2.45, 2.75) is 12.5 Å². The first-order chi connectivity index (χ1) is 14.3. The van der Waals surface area contributed by atoms with Gasteiger partial charge in [-0.05, 0) is 22.8 Å². The van der Waals surface area contributed by atoms with Crippen LogP contribution in [0.1, 0.15) is 18.0 Å². The number of hydrogen-bond acceptors (Lipinski definition) is 5. The Morgan fingerprint density at radius 1 is 1.00 bits per heavy atom. The van der Waals surface area contributed by atoms with Crippen LogP contribution in [0.4, 0.5) is 10.5 Å². The Morgan fingerprint density at radius 2 is 1.66 bits per heavy atom. The first kappa shape index (κ1) is 28.0. The number of anilines is 1. The van der Waals surface area contributed by atoms with Gasteiger partial charge < -0.3 is 30.2 Å². The number of carboxylic acid groups (broad SMARTS) is 1. The topological polar surface area (TPSA) is 126 Å². The van der Waals surface area contributed by atoms with E-state index in [1.165, 1.54) is 13.2 Å². The molecule has 0 unspecified atom stereocenters. The molecule has 3 rings (SSSR count). The van der Waals surface area contributed by atoms with E-state index in [1.54, 1.807) is 18.2 Å². The zero-order valence-electron chi connectivity index (χ0n) is 18.1. The second kappa shape index (κ2) is 12.8. The average molecular weight is 451 g/mol. The van der Waals surface area contributed by atoms with E-state index in [4.69, 9.17) is 0 Å². The minimum Gasteiger partial charge on any atom is -0.871 e. The maximum absolute atomic E-state index is 12.4. The summed E-state index contributed by atoms with van der Waals surface area (Å²) in [5.74, 6) is -2.00. The van der Waals surface area contributed by atoms with Crippen molar-refractivity contribution in [2.24, 2.45) is 7.05 Å². The van der Waals surface area contributed by atoms with Crippen LogP contribution in [0.5, 0.6) is 5.75 Å². The SMILES string of the molecule is Cn1ccc([O-])c(NC(=O)N[C@@H](CC(=O)[O-])c2cccc(-c3ccccc3)c2)c1=O.[Na+].[Na+]. The summed E-state index contributed by atoms with van der Waals surface area (Å²) < 4.78 is 1.15. The minimum atomic E-state index is -1.36. The van der Waals surface area contributed by atoms with Crippen LogP contribution >= 0.6 is 0 Å². The van der Waals surface area contributed by atoms with Gasteiger partial charge in [-0.1, -0.05) is 60.3 Å². The van der Waals surface area contributed by atoms with Crippen LogP contribution in [0.25, 0.3) is 11.1 Å². The quantitative estimate of drug-likeness (QED) is 0.364. The first-order valence-corrected chi connectivity index (χ1v) is 9.14. The van der Waals surface area contributed by atoms with Crippen LogP contribution < -0.4 is 85.5 Å². The number of pyridine rings is 1. The standard InChI is InChI=1S/C22H21N3O5.2Na/c1-25-11-10-18(26)20(21(25)29)24-22(30)23-17(13-19(27)28)16-9-5-8-15(12-16)14-6-3-2-4-7-14;;/h2-12,17,26H,13H2,1H3,(H,27,28)(H2,23,24,30);;/q;2*+1/p-2/t17-;;/m0../s1. The molecule has 0 spiro atoms. The van der Waals surface area contributed by atoms with Gasteiger partial charge in [0.15, 0.2) is 0 Å². The van der Waals surface area contributed by atoms with Crippen LogP contribution in [-0.2, 0) is 11.8 Å². The van der Waals surface area contributed by atoms with E-state index in [0.29, 0.717) is 5.56 Å².